The second-order valence-corrected chi connectivity index (χ2v) is 8.83. The van der Waals surface area contributed by atoms with Crippen LogP contribution in [0.4, 0.5) is 4.79 Å². The first kappa shape index (κ1) is 25.2. The number of carboxylic acid groups (broad SMARTS) is 1. The molecular weight excluding hydrogens is 436 g/mol. The monoisotopic (exact) mass is 468 g/mol. The van der Waals surface area contributed by atoms with Gasteiger partial charge >= 0.3 is 12.1 Å². The number of carbonyl (C=O) groups excluding carboxylic acids is 2. The largest absolute Gasteiger partial charge is 0.481 e. The van der Waals surface area contributed by atoms with Crippen LogP contribution in [0.1, 0.15) is 50.2 Å². The van der Waals surface area contributed by atoms with Crippen LogP contribution in [0.2, 0.25) is 0 Å². The number of ether oxygens (including phenoxy) is 1. The Morgan fingerprint density at radius 2 is 1.53 bits per heavy atom. The number of fused-ring (bicyclic) bond motifs is 3. The number of aliphatic carboxylic acids is 1. The number of carboxylic acids is 1. The van der Waals surface area contributed by atoms with Gasteiger partial charge in [0, 0.05) is 25.0 Å². The fourth-order valence-corrected chi connectivity index (χ4v) is 4.31. The molecule has 182 valence electrons. The number of amides is 2. The van der Waals surface area contributed by atoms with E-state index in [1.165, 1.54) is 0 Å². The highest BCUT2D eigenvalue weighted by Gasteiger charge is 2.30. The number of carbonyl (C=O) groups is 3. The van der Waals surface area contributed by atoms with Gasteiger partial charge in [-0.3, -0.25) is 9.59 Å². The van der Waals surface area contributed by atoms with Gasteiger partial charge in [-0.05, 0) is 41.0 Å². The topological polar surface area (TPSA) is 125 Å². The Balaban J connectivity index is 1.66. The predicted molar refractivity (Wildman–Crippen MR) is 127 cm³/mol. The standard InChI is InChI=1S/C26H32N2O6/c1-16(2)22(13-14-29)27-25(32)23(11-12-24(30)31)28-26(33)34-15-21-19-9-5-3-7-17(19)18-8-4-6-10-20(18)21/h3-10,16,21-23,29H,11-15H2,1-2H3,(H,27,32)(H,28,33)(H,30,31). The van der Waals surface area contributed by atoms with Crippen molar-refractivity contribution in [3.63, 3.8) is 0 Å². The average molecular weight is 469 g/mol. The van der Waals surface area contributed by atoms with Crippen molar-refractivity contribution in [2.75, 3.05) is 13.2 Å². The SMILES string of the molecule is CC(C)C(CCO)NC(=O)C(CCC(=O)O)NC(=O)OCC1c2ccccc2-c2ccccc21. The smallest absolute Gasteiger partial charge is 0.407 e. The van der Waals surface area contributed by atoms with Gasteiger partial charge in [-0.2, -0.15) is 0 Å². The lowest BCUT2D eigenvalue weighted by atomic mass is 9.98. The Morgan fingerprint density at radius 1 is 0.941 bits per heavy atom. The first-order valence-corrected chi connectivity index (χ1v) is 11.6. The lowest BCUT2D eigenvalue weighted by Gasteiger charge is -2.25. The normalized spacial score (nSPS) is 14.1. The molecule has 2 unspecified atom stereocenters. The third kappa shape index (κ3) is 6.14. The molecule has 34 heavy (non-hydrogen) atoms. The lowest BCUT2D eigenvalue weighted by molar-refractivity contribution is -0.137. The number of aliphatic hydroxyl groups excluding tert-OH is 1. The van der Waals surface area contributed by atoms with Crippen LogP contribution in [0.3, 0.4) is 0 Å². The van der Waals surface area contributed by atoms with Crippen LogP contribution in [-0.2, 0) is 14.3 Å². The van der Waals surface area contributed by atoms with Gasteiger partial charge in [0.05, 0.1) is 0 Å². The van der Waals surface area contributed by atoms with E-state index in [1.54, 1.807) is 0 Å². The summed E-state index contributed by atoms with van der Waals surface area (Å²) in [6, 6.07) is 14.6. The van der Waals surface area contributed by atoms with E-state index >= 15 is 0 Å². The Labute approximate surface area is 199 Å². The molecule has 0 aliphatic heterocycles. The van der Waals surface area contributed by atoms with Gasteiger partial charge < -0.3 is 25.6 Å². The molecule has 4 N–H and O–H groups in total. The fourth-order valence-electron chi connectivity index (χ4n) is 4.31. The van der Waals surface area contributed by atoms with Crippen LogP contribution in [-0.4, -0.2) is 53.5 Å². The van der Waals surface area contributed by atoms with E-state index in [2.05, 4.69) is 10.6 Å². The number of nitrogens with one attached hydrogen (secondary N) is 2. The second-order valence-electron chi connectivity index (χ2n) is 8.83. The molecule has 2 aromatic rings. The molecule has 1 aliphatic carbocycles. The fraction of sp³-hybridized carbons (Fsp3) is 0.423. The minimum absolute atomic E-state index is 0.0608. The highest BCUT2D eigenvalue weighted by Crippen LogP contribution is 2.44. The first-order chi connectivity index (χ1) is 16.3. The molecule has 0 heterocycles. The summed E-state index contributed by atoms with van der Waals surface area (Å²) in [4.78, 5) is 36.5. The maximum atomic E-state index is 12.8. The zero-order valence-corrected chi connectivity index (χ0v) is 19.5. The summed E-state index contributed by atoms with van der Waals surface area (Å²) < 4.78 is 5.51. The summed E-state index contributed by atoms with van der Waals surface area (Å²) in [5.41, 5.74) is 4.35. The van der Waals surface area contributed by atoms with Crippen molar-refractivity contribution in [3.05, 3.63) is 59.7 Å². The van der Waals surface area contributed by atoms with E-state index in [9.17, 15) is 19.5 Å². The predicted octanol–water partition coefficient (Wildman–Crippen LogP) is 3.28. The van der Waals surface area contributed by atoms with Crippen molar-refractivity contribution in [2.45, 2.75) is 51.1 Å². The minimum atomic E-state index is -1.07. The van der Waals surface area contributed by atoms with E-state index in [0.717, 1.165) is 22.3 Å². The van der Waals surface area contributed by atoms with Crippen LogP contribution in [0, 0.1) is 5.92 Å². The van der Waals surface area contributed by atoms with E-state index < -0.39 is 24.0 Å². The zero-order valence-electron chi connectivity index (χ0n) is 19.5. The van der Waals surface area contributed by atoms with Gasteiger partial charge in [0.15, 0.2) is 0 Å². The summed E-state index contributed by atoms with van der Waals surface area (Å²) in [6.07, 6.45) is -0.778. The van der Waals surface area contributed by atoms with Crippen LogP contribution >= 0.6 is 0 Å². The van der Waals surface area contributed by atoms with Crippen LogP contribution in [0.25, 0.3) is 11.1 Å². The quantitative estimate of drug-likeness (QED) is 0.401. The molecule has 0 fully saturated rings. The molecule has 8 nitrogen and oxygen atoms in total. The molecule has 3 rings (SSSR count). The summed E-state index contributed by atoms with van der Waals surface area (Å²) in [5.74, 6) is -1.63. The third-order valence-corrected chi connectivity index (χ3v) is 6.17. The highest BCUT2D eigenvalue weighted by molar-refractivity contribution is 5.86. The van der Waals surface area contributed by atoms with Gasteiger partial charge in [-0.15, -0.1) is 0 Å². The molecule has 2 amide bonds. The van der Waals surface area contributed by atoms with Crippen molar-refractivity contribution >= 4 is 18.0 Å². The lowest BCUT2D eigenvalue weighted by Crippen LogP contribution is -2.51. The molecule has 2 aromatic carbocycles. The zero-order chi connectivity index (χ0) is 24.7. The molecule has 0 saturated carbocycles. The summed E-state index contributed by atoms with van der Waals surface area (Å²) in [7, 11) is 0. The maximum Gasteiger partial charge on any atom is 0.407 e. The van der Waals surface area contributed by atoms with Gasteiger partial charge in [0.25, 0.3) is 0 Å². The minimum Gasteiger partial charge on any atom is -0.481 e. The van der Waals surface area contributed by atoms with Gasteiger partial charge in [-0.1, -0.05) is 62.4 Å². The molecule has 2 atom stereocenters. The van der Waals surface area contributed by atoms with E-state index in [4.69, 9.17) is 9.84 Å². The number of hydrogen-bond acceptors (Lipinski definition) is 5. The van der Waals surface area contributed by atoms with Crippen LogP contribution in [0.15, 0.2) is 48.5 Å². The second kappa shape index (κ2) is 11.7. The highest BCUT2D eigenvalue weighted by atomic mass is 16.5. The summed E-state index contributed by atoms with van der Waals surface area (Å²) >= 11 is 0. The molecule has 8 heteroatoms. The Kier molecular flexibility index (Phi) is 8.65. The molecule has 0 radical (unpaired) electrons. The third-order valence-electron chi connectivity index (χ3n) is 6.17. The maximum absolute atomic E-state index is 12.8. The number of rotatable bonds is 11. The number of hydrogen-bond donors (Lipinski definition) is 4. The molecule has 0 aromatic heterocycles. The van der Waals surface area contributed by atoms with Crippen molar-refractivity contribution in [1.82, 2.24) is 10.6 Å². The number of alkyl carbamates (subject to hydrolysis) is 1. The summed E-state index contributed by atoms with van der Waals surface area (Å²) in [5, 5.41) is 23.6. The van der Waals surface area contributed by atoms with Gasteiger partial charge in [0.2, 0.25) is 5.91 Å². The van der Waals surface area contributed by atoms with E-state index in [1.807, 2.05) is 62.4 Å². The van der Waals surface area contributed by atoms with Crippen molar-refractivity contribution < 1.29 is 29.3 Å². The number of aliphatic hydroxyl groups is 1. The van der Waals surface area contributed by atoms with E-state index in [-0.39, 0.29) is 43.9 Å². The van der Waals surface area contributed by atoms with Gasteiger partial charge in [0.1, 0.15) is 12.6 Å². The Bertz CT molecular complexity index is 976. The molecule has 0 saturated heterocycles. The van der Waals surface area contributed by atoms with Crippen LogP contribution < -0.4 is 10.6 Å². The van der Waals surface area contributed by atoms with Crippen LogP contribution in [0.5, 0.6) is 0 Å². The van der Waals surface area contributed by atoms with Crippen molar-refractivity contribution in [2.24, 2.45) is 5.92 Å². The summed E-state index contributed by atoms with van der Waals surface area (Å²) in [6.45, 7) is 3.81. The van der Waals surface area contributed by atoms with Gasteiger partial charge in [-0.25, -0.2) is 4.79 Å². The molecule has 1 aliphatic rings. The van der Waals surface area contributed by atoms with Crippen molar-refractivity contribution in [1.29, 1.82) is 0 Å². The molecular formula is C26H32N2O6. The number of benzene rings is 2. The molecule has 0 bridgehead atoms. The van der Waals surface area contributed by atoms with Crippen molar-refractivity contribution in [3.8, 4) is 11.1 Å². The first-order valence-electron chi connectivity index (χ1n) is 11.6. The average Bonchev–Trinajstić information content (AvgIpc) is 3.13. The Morgan fingerprint density at radius 3 is 2.06 bits per heavy atom. The van der Waals surface area contributed by atoms with E-state index in [0.29, 0.717) is 6.42 Å². The molecule has 0 spiro atoms. The Hall–Kier alpha value is -3.39.